The maximum Gasteiger partial charge on any atom is 0.295 e. The number of rotatable bonds is 13. The molecule has 0 N–H and O–H groups in total. The van der Waals surface area contributed by atoms with Gasteiger partial charge in [-0.3, -0.25) is 4.79 Å². The second-order valence-electron chi connectivity index (χ2n) is 6.77. The van der Waals surface area contributed by atoms with E-state index in [-0.39, 0.29) is 6.10 Å². The molecule has 1 unspecified atom stereocenters. The Morgan fingerprint density at radius 2 is 1.59 bits per heavy atom. The first-order chi connectivity index (χ1) is 10.8. The molecule has 3 nitrogen and oxygen atoms in total. The van der Waals surface area contributed by atoms with Crippen LogP contribution in [-0.2, 0) is 14.3 Å². The molecule has 1 atom stereocenters. The molecular weight excluding hydrogens is 276 g/mol. The van der Waals surface area contributed by atoms with Crippen LogP contribution < -0.4 is 0 Å². The summed E-state index contributed by atoms with van der Waals surface area (Å²) < 4.78 is 11.7. The van der Waals surface area contributed by atoms with Gasteiger partial charge >= 0.3 is 0 Å². The maximum atomic E-state index is 10.9. The quantitative estimate of drug-likeness (QED) is 0.246. The summed E-state index contributed by atoms with van der Waals surface area (Å²) in [7, 11) is 0. The van der Waals surface area contributed by atoms with Crippen LogP contribution in [0.5, 0.6) is 0 Å². The average Bonchev–Trinajstić information content (AvgIpc) is 2.52. The Morgan fingerprint density at radius 3 is 2.23 bits per heavy atom. The minimum Gasteiger partial charge on any atom is -0.435 e. The summed E-state index contributed by atoms with van der Waals surface area (Å²) in [6.07, 6.45) is 16.6. The van der Waals surface area contributed by atoms with Gasteiger partial charge < -0.3 is 9.47 Å². The van der Waals surface area contributed by atoms with E-state index >= 15 is 0 Å². The van der Waals surface area contributed by atoms with Gasteiger partial charge in [0.1, 0.15) is 0 Å². The van der Waals surface area contributed by atoms with Crippen molar-refractivity contribution < 1.29 is 14.3 Å². The van der Waals surface area contributed by atoms with Gasteiger partial charge in [0.05, 0.1) is 6.10 Å². The fourth-order valence-corrected chi connectivity index (χ4v) is 3.48. The molecule has 22 heavy (non-hydrogen) atoms. The van der Waals surface area contributed by atoms with Crippen molar-refractivity contribution in [2.75, 3.05) is 0 Å². The van der Waals surface area contributed by atoms with Crippen molar-refractivity contribution in [1.82, 2.24) is 0 Å². The summed E-state index contributed by atoms with van der Waals surface area (Å²) in [4.78, 5) is 10.9. The average molecular weight is 312 g/mol. The molecule has 130 valence electrons. The van der Waals surface area contributed by atoms with E-state index in [1.807, 2.05) is 0 Å². The molecule has 0 aromatic carbocycles. The molecule has 0 heterocycles. The van der Waals surface area contributed by atoms with E-state index in [1.165, 1.54) is 44.9 Å². The van der Waals surface area contributed by atoms with Crippen molar-refractivity contribution in [2.24, 2.45) is 0 Å². The Balaban J connectivity index is 2.38. The van der Waals surface area contributed by atoms with E-state index in [2.05, 4.69) is 13.8 Å². The second kappa shape index (κ2) is 11.9. The van der Waals surface area contributed by atoms with Crippen molar-refractivity contribution in [3.05, 3.63) is 0 Å². The SMILES string of the molecule is CCCCCCCCC(CCC)OC1(OC=O)CCCCC1. The molecule has 1 rings (SSSR count). The Labute approximate surface area is 137 Å². The topological polar surface area (TPSA) is 35.5 Å². The van der Waals surface area contributed by atoms with Crippen LogP contribution >= 0.6 is 0 Å². The van der Waals surface area contributed by atoms with Crippen molar-refractivity contribution in [2.45, 2.75) is 116 Å². The Morgan fingerprint density at radius 1 is 0.909 bits per heavy atom. The van der Waals surface area contributed by atoms with Crippen molar-refractivity contribution >= 4 is 6.47 Å². The van der Waals surface area contributed by atoms with Crippen LogP contribution in [0.2, 0.25) is 0 Å². The largest absolute Gasteiger partial charge is 0.435 e. The van der Waals surface area contributed by atoms with Crippen LogP contribution in [0.1, 0.15) is 104 Å². The van der Waals surface area contributed by atoms with Gasteiger partial charge in [0.2, 0.25) is 5.79 Å². The van der Waals surface area contributed by atoms with Crippen LogP contribution in [0, 0.1) is 0 Å². The third-order valence-corrected chi connectivity index (χ3v) is 4.75. The lowest BCUT2D eigenvalue weighted by Crippen LogP contribution is -2.41. The highest BCUT2D eigenvalue weighted by molar-refractivity contribution is 5.38. The van der Waals surface area contributed by atoms with Gasteiger partial charge in [-0.15, -0.1) is 0 Å². The summed E-state index contributed by atoms with van der Waals surface area (Å²) in [5.41, 5.74) is 0. The molecule has 1 aliphatic rings. The monoisotopic (exact) mass is 312 g/mol. The zero-order chi connectivity index (χ0) is 16.1. The third kappa shape index (κ3) is 7.62. The summed E-state index contributed by atoms with van der Waals surface area (Å²) in [6.45, 7) is 5.03. The number of unbranched alkanes of at least 4 members (excludes halogenated alkanes) is 5. The fourth-order valence-electron chi connectivity index (χ4n) is 3.48. The lowest BCUT2D eigenvalue weighted by molar-refractivity contribution is -0.255. The van der Waals surface area contributed by atoms with Gasteiger partial charge in [-0.1, -0.05) is 65.2 Å². The number of carbonyl (C=O) groups excluding carboxylic acids is 1. The van der Waals surface area contributed by atoms with Crippen LogP contribution in [0.3, 0.4) is 0 Å². The molecule has 0 aromatic heterocycles. The van der Waals surface area contributed by atoms with E-state index in [0.29, 0.717) is 6.47 Å². The Bertz CT molecular complexity index is 272. The van der Waals surface area contributed by atoms with Crippen LogP contribution in [0.15, 0.2) is 0 Å². The zero-order valence-corrected chi connectivity index (χ0v) is 14.8. The van der Waals surface area contributed by atoms with E-state index in [4.69, 9.17) is 9.47 Å². The summed E-state index contributed by atoms with van der Waals surface area (Å²) in [5.74, 6) is -0.623. The van der Waals surface area contributed by atoms with Gasteiger partial charge in [-0.05, 0) is 25.7 Å². The molecule has 0 amide bonds. The van der Waals surface area contributed by atoms with E-state index in [0.717, 1.165) is 44.9 Å². The van der Waals surface area contributed by atoms with E-state index < -0.39 is 5.79 Å². The molecule has 1 aliphatic carbocycles. The van der Waals surface area contributed by atoms with E-state index in [1.54, 1.807) is 0 Å². The predicted octanol–water partition coefficient (Wildman–Crippen LogP) is 5.76. The molecule has 0 bridgehead atoms. The molecule has 0 saturated heterocycles. The minimum atomic E-state index is -0.623. The number of carbonyl (C=O) groups is 1. The fraction of sp³-hybridized carbons (Fsp3) is 0.947. The summed E-state index contributed by atoms with van der Waals surface area (Å²) in [6, 6.07) is 0. The summed E-state index contributed by atoms with van der Waals surface area (Å²) >= 11 is 0. The highest BCUT2D eigenvalue weighted by Crippen LogP contribution is 2.35. The van der Waals surface area contributed by atoms with Gasteiger partial charge in [0.25, 0.3) is 6.47 Å². The summed E-state index contributed by atoms with van der Waals surface area (Å²) in [5, 5.41) is 0. The van der Waals surface area contributed by atoms with Crippen LogP contribution in [-0.4, -0.2) is 18.4 Å². The zero-order valence-electron chi connectivity index (χ0n) is 14.8. The number of hydrogen-bond acceptors (Lipinski definition) is 3. The molecule has 0 radical (unpaired) electrons. The lowest BCUT2D eigenvalue weighted by Gasteiger charge is -2.38. The molecule has 1 saturated carbocycles. The standard InChI is InChI=1S/C19H36O3/c1-3-5-6-7-8-10-14-18(13-4-2)22-19(21-17-20)15-11-9-12-16-19/h17-18H,3-16H2,1-2H3. The predicted molar refractivity (Wildman–Crippen MR) is 90.7 cm³/mol. The van der Waals surface area contributed by atoms with Gasteiger partial charge in [-0.2, -0.15) is 0 Å². The molecule has 0 aromatic rings. The maximum absolute atomic E-state index is 10.9. The lowest BCUT2D eigenvalue weighted by atomic mass is 9.93. The second-order valence-corrected chi connectivity index (χ2v) is 6.77. The Kier molecular flexibility index (Phi) is 10.6. The normalized spacial score (nSPS) is 18.8. The van der Waals surface area contributed by atoms with Crippen LogP contribution in [0.25, 0.3) is 0 Å². The molecular formula is C19H36O3. The third-order valence-electron chi connectivity index (χ3n) is 4.75. The van der Waals surface area contributed by atoms with Crippen molar-refractivity contribution in [3.8, 4) is 0 Å². The van der Waals surface area contributed by atoms with Gasteiger partial charge in [0.15, 0.2) is 0 Å². The first-order valence-corrected chi connectivity index (χ1v) is 9.55. The minimum absolute atomic E-state index is 0.245. The first-order valence-electron chi connectivity index (χ1n) is 9.55. The number of hydrogen-bond donors (Lipinski definition) is 0. The highest BCUT2D eigenvalue weighted by Gasteiger charge is 2.37. The van der Waals surface area contributed by atoms with Crippen LogP contribution in [0.4, 0.5) is 0 Å². The smallest absolute Gasteiger partial charge is 0.295 e. The van der Waals surface area contributed by atoms with Crippen molar-refractivity contribution in [3.63, 3.8) is 0 Å². The highest BCUT2D eigenvalue weighted by atomic mass is 16.7. The Hall–Kier alpha value is -0.570. The van der Waals surface area contributed by atoms with Gasteiger partial charge in [0, 0.05) is 12.8 Å². The molecule has 0 aliphatic heterocycles. The molecule has 0 spiro atoms. The first kappa shape index (κ1) is 19.5. The molecule has 1 fully saturated rings. The van der Waals surface area contributed by atoms with Crippen molar-refractivity contribution in [1.29, 1.82) is 0 Å². The van der Waals surface area contributed by atoms with Gasteiger partial charge in [-0.25, -0.2) is 0 Å². The number of ether oxygens (including phenoxy) is 2. The molecule has 3 heteroatoms. The van der Waals surface area contributed by atoms with E-state index in [9.17, 15) is 4.79 Å².